The summed E-state index contributed by atoms with van der Waals surface area (Å²) < 4.78 is 27.1. The summed E-state index contributed by atoms with van der Waals surface area (Å²) in [5.74, 6) is 1.22. The maximum atomic E-state index is 13.0. The minimum Gasteiger partial charge on any atom is -0.493 e. The molecule has 0 N–H and O–H groups in total. The van der Waals surface area contributed by atoms with Gasteiger partial charge in [0.05, 0.1) is 25.9 Å². The van der Waals surface area contributed by atoms with Crippen molar-refractivity contribution in [2.24, 2.45) is 0 Å². The van der Waals surface area contributed by atoms with Crippen LogP contribution in [0.4, 0.5) is 10.5 Å². The third kappa shape index (κ3) is 7.19. The molecule has 204 valence electrons. The zero-order valence-electron chi connectivity index (χ0n) is 21.8. The monoisotopic (exact) mass is 534 g/mol. The number of hydrogen-bond donors (Lipinski definition) is 0. The SMILES string of the molecule is CCOC(=O)CN(Cc1ccc(OCCN2C(=O)COc3ccccc32)cc1)C(=O)Oc1ccccc1OC. The molecule has 4 rings (SSSR count). The van der Waals surface area contributed by atoms with E-state index in [1.807, 2.05) is 24.3 Å². The predicted molar refractivity (Wildman–Crippen MR) is 142 cm³/mol. The second-order valence-corrected chi connectivity index (χ2v) is 8.47. The van der Waals surface area contributed by atoms with Crippen LogP contribution < -0.4 is 23.8 Å². The molecule has 3 aromatic rings. The number of ether oxygens (including phenoxy) is 5. The number of esters is 1. The molecule has 10 heteroatoms. The van der Waals surface area contributed by atoms with Crippen LogP contribution in [0.2, 0.25) is 0 Å². The quantitative estimate of drug-likeness (QED) is 0.339. The van der Waals surface area contributed by atoms with E-state index in [4.69, 9.17) is 23.7 Å². The van der Waals surface area contributed by atoms with Crippen LogP contribution in [0.15, 0.2) is 72.8 Å². The largest absolute Gasteiger partial charge is 0.493 e. The number of anilines is 1. The Morgan fingerprint density at radius 3 is 2.44 bits per heavy atom. The van der Waals surface area contributed by atoms with E-state index in [2.05, 4.69) is 0 Å². The summed E-state index contributed by atoms with van der Waals surface area (Å²) in [5.41, 5.74) is 1.47. The summed E-state index contributed by atoms with van der Waals surface area (Å²) >= 11 is 0. The first kappa shape index (κ1) is 27.3. The molecule has 0 bridgehead atoms. The van der Waals surface area contributed by atoms with Crippen molar-refractivity contribution in [2.75, 3.05) is 44.9 Å². The van der Waals surface area contributed by atoms with Gasteiger partial charge in [-0.15, -0.1) is 0 Å². The van der Waals surface area contributed by atoms with Crippen molar-refractivity contribution in [1.29, 1.82) is 0 Å². The van der Waals surface area contributed by atoms with E-state index in [0.29, 0.717) is 23.8 Å². The van der Waals surface area contributed by atoms with E-state index in [-0.39, 0.29) is 44.6 Å². The second kappa shape index (κ2) is 13.2. The zero-order valence-corrected chi connectivity index (χ0v) is 21.8. The lowest BCUT2D eigenvalue weighted by Crippen LogP contribution is -2.41. The van der Waals surface area contributed by atoms with Gasteiger partial charge in [0.2, 0.25) is 0 Å². The van der Waals surface area contributed by atoms with Crippen LogP contribution in [0.25, 0.3) is 0 Å². The standard InChI is InChI=1S/C29H30N2O8/c1-3-36-28(33)19-30(29(34)39-26-11-7-6-10-25(26)35-2)18-21-12-14-22(15-13-21)37-17-16-31-23-8-4-5-9-24(23)38-20-27(31)32/h4-15H,3,16-20H2,1-2H3. The molecule has 0 radical (unpaired) electrons. The number of nitrogens with zero attached hydrogens (tertiary/aromatic N) is 2. The Bertz CT molecular complexity index is 1290. The molecular weight excluding hydrogens is 504 g/mol. The molecule has 0 spiro atoms. The highest BCUT2D eigenvalue weighted by molar-refractivity contribution is 5.97. The molecular formula is C29H30N2O8. The van der Waals surface area contributed by atoms with Crippen LogP contribution in [-0.2, 0) is 20.9 Å². The Hall–Kier alpha value is -4.73. The van der Waals surface area contributed by atoms with Gasteiger partial charge in [0.25, 0.3) is 5.91 Å². The lowest BCUT2D eigenvalue weighted by Gasteiger charge is -2.29. The molecule has 1 aliphatic heterocycles. The topological polar surface area (TPSA) is 104 Å². The lowest BCUT2D eigenvalue weighted by atomic mass is 10.2. The molecule has 3 aromatic carbocycles. The summed E-state index contributed by atoms with van der Waals surface area (Å²) in [5, 5.41) is 0. The molecule has 0 fully saturated rings. The minimum atomic E-state index is -0.719. The molecule has 0 aliphatic carbocycles. The molecule has 10 nitrogen and oxygen atoms in total. The number of benzene rings is 3. The van der Waals surface area contributed by atoms with Crippen LogP contribution in [-0.4, -0.2) is 62.9 Å². The zero-order chi connectivity index (χ0) is 27.6. The van der Waals surface area contributed by atoms with Crippen LogP contribution >= 0.6 is 0 Å². The molecule has 1 heterocycles. The van der Waals surface area contributed by atoms with Gasteiger partial charge in [-0.3, -0.25) is 14.5 Å². The highest BCUT2D eigenvalue weighted by Gasteiger charge is 2.25. The second-order valence-electron chi connectivity index (χ2n) is 8.47. The number of carbonyl (C=O) groups excluding carboxylic acids is 3. The van der Waals surface area contributed by atoms with Gasteiger partial charge in [0.1, 0.15) is 24.7 Å². The van der Waals surface area contributed by atoms with Gasteiger partial charge < -0.3 is 28.6 Å². The van der Waals surface area contributed by atoms with Gasteiger partial charge in [-0.1, -0.05) is 36.4 Å². The Balaban J connectivity index is 1.37. The van der Waals surface area contributed by atoms with Crippen molar-refractivity contribution >= 4 is 23.7 Å². The first-order chi connectivity index (χ1) is 19.0. The Kier molecular flexibility index (Phi) is 9.23. The van der Waals surface area contributed by atoms with Crippen LogP contribution in [0.3, 0.4) is 0 Å². The number of rotatable bonds is 11. The van der Waals surface area contributed by atoms with E-state index in [1.165, 1.54) is 12.0 Å². The summed E-state index contributed by atoms with van der Waals surface area (Å²) in [4.78, 5) is 40.4. The van der Waals surface area contributed by atoms with Gasteiger partial charge in [0.15, 0.2) is 18.1 Å². The fraction of sp³-hybridized carbons (Fsp3) is 0.276. The van der Waals surface area contributed by atoms with E-state index in [0.717, 1.165) is 11.3 Å². The van der Waals surface area contributed by atoms with Crippen molar-refractivity contribution in [2.45, 2.75) is 13.5 Å². The molecule has 0 atom stereocenters. The molecule has 39 heavy (non-hydrogen) atoms. The first-order valence-electron chi connectivity index (χ1n) is 12.5. The highest BCUT2D eigenvalue weighted by Crippen LogP contribution is 2.31. The average molecular weight is 535 g/mol. The molecule has 2 amide bonds. The maximum Gasteiger partial charge on any atom is 0.416 e. The van der Waals surface area contributed by atoms with E-state index in [9.17, 15) is 14.4 Å². The molecule has 0 saturated carbocycles. The van der Waals surface area contributed by atoms with Gasteiger partial charge in [-0.2, -0.15) is 0 Å². The number of fused-ring (bicyclic) bond motifs is 1. The first-order valence-corrected chi connectivity index (χ1v) is 12.5. The number of hydrogen-bond acceptors (Lipinski definition) is 8. The minimum absolute atomic E-state index is 0.00645. The van der Waals surface area contributed by atoms with Gasteiger partial charge >= 0.3 is 12.1 Å². The van der Waals surface area contributed by atoms with E-state index >= 15 is 0 Å². The molecule has 0 unspecified atom stereocenters. The lowest BCUT2D eigenvalue weighted by molar-refractivity contribution is -0.144. The highest BCUT2D eigenvalue weighted by atomic mass is 16.6. The van der Waals surface area contributed by atoms with Crippen LogP contribution in [0.1, 0.15) is 12.5 Å². The van der Waals surface area contributed by atoms with Crippen LogP contribution in [0, 0.1) is 0 Å². The summed E-state index contributed by atoms with van der Waals surface area (Å²) in [6.07, 6.45) is -0.719. The van der Waals surface area contributed by atoms with Crippen molar-refractivity contribution in [3.05, 3.63) is 78.4 Å². The fourth-order valence-corrected chi connectivity index (χ4v) is 3.97. The van der Waals surface area contributed by atoms with Gasteiger partial charge in [-0.25, -0.2) is 4.79 Å². The van der Waals surface area contributed by atoms with Crippen LogP contribution in [0.5, 0.6) is 23.0 Å². The van der Waals surface area contributed by atoms with Crippen molar-refractivity contribution in [1.82, 2.24) is 4.90 Å². The van der Waals surface area contributed by atoms with Crippen molar-refractivity contribution in [3.8, 4) is 23.0 Å². The number of carbonyl (C=O) groups is 3. The maximum absolute atomic E-state index is 13.0. The average Bonchev–Trinajstić information content (AvgIpc) is 2.95. The summed E-state index contributed by atoms with van der Waals surface area (Å²) in [6, 6.07) is 21.2. The Morgan fingerprint density at radius 1 is 0.974 bits per heavy atom. The number of para-hydroxylation sites is 4. The van der Waals surface area contributed by atoms with Crippen molar-refractivity contribution in [3.63, 3.8) is 0 Å². The normalized spacial score (nSPS) is 12.2. The van der Waals surface area contributed by atoms with Crippen molar-refractivity contribution < 1.29 is 38.1 Å². The molecule has 0 aromatic heterocycles. The summed E-state index contributed by atoms with van der Waals surface area (Å²) in [7, 11) is 1.48. The van der Waals surface area contributed by atoms with Gasteiger partial charge in [-0.05, 0) is 48.9 Å². The van der Waals surface area contributed by atoms with Gasteiger partial charge in [0, 0.05) is 6.54 Å². The van der Waals surface area contributed by atoms with E-state index in [1.54, 1.807) is 60.4 Å². The smallest absolute Gasteiger partial charge is 0.416 e. The molecule has 1 aliphatic rings. The summed E-state index contributed by atoms with van der Waals surface area (Å²) in [6.45, 7) is 2.35. The number of amides is 2. The Morgan fingerprint density at radius 2 is 1.69 bits per heavy atom. The number of methoxy groups -OCH3 is 1. The fourth-order valence-electron chi connectivity index (χ4n) is 3.97. The third-order valence-electron chi connectivity index (χ3n) is 5.84. The van der Waals surface area contributed by atoms with E-state index < -0.39 is 12.1 Å². The third-order valence-corrected chi connectivity index (χ3v) is 5.84. The Labute approximate surface area is 226 Å². The predicted octanol–water partition coefficient (Wildman–Crippen LogP) is 4.06. The molecule has 0 saturated heterocycles.